The number of hydroxylamine groups is 1. The molecule has 3 fully saturated rings. The number of likely N-dealkylation sites (tertiary alicyclic amines) is 1. The highest BCUT2D eigenvalue weighted by atomic mass is 16.5. The Bertz CT molecular complexity index is 990. The van der Waals surface area contributed by atoms with Crippen molar-refractivity contribution in [3.63, 3.8) is 0 Å². The molecule has 8 nitrogen and oxygen atoms in total. The molecule has 8 heteroatoms. The molecule has 2 amide bonds. The van der Waals surface area contributed by atoms with Gasteiger partial charge >= 0.3 is 0 Å². The number of nitrogens with zero attached hydrogens (tertiary/aromatic N) is 3. The molecule has 1 aromatic heterocycles. The lowest BCUT2D eigenvalue weighted by atomic mass is 9.81. The molecule has 31 heavy (non-hydrogen) atoms. The zero-order valence-electron chi connectivity index (χ0n) is 18.0. The first-order chi connectivity index (χ1) is 15.0. The van der Waals surface area contributed by atoms with Crippen LogP contribution in [-0.2, 0) is 16.1 Å². The van der Waals surface area contributed by atoms with Crippen LogP contribution in [0, 0.1) is 11.3 Å². The van der Waals surface area contributed by atoms with Crippen LogP contribution in [0.15, 0.2) is 24.5 Å². The van der Waals surface area contributed by atoms with Crippen LogP contribution >= 0.6 is 0 Å². The van der Waals surface area contributed by atoms with Gasteiger partial charge in [-0.05, 0) is 68.1 Å². The lowest BCUT2D eigenvalue weighted by Crippen LogP contribution is -2.59. The average Bonchev–Trinajstić information content (AvgIpc) is 3.43. The van der Waals surface area contributed by atoms with Gasteiger partial charge < -0.3 is 14.8 Å². The molecule has 3 N–H and O–H groups in total. The Morgan fingerprint density at radius 3 is 2.74 bits per heavy atom. The minimum Gasteiger partial charge on any atom is -0.341 e. The standard InChI is InChI=1S/C23H31N5O3/c1-2-27-14-25-18-4-3-16(11-19(18)27)15-5-9-28(10-6-15)22(30)20-17(21(29)26-31)12-23(7-8-23)13-24-20/h3-4,11,14-15,17,20,24,31H,2,5-10,12-13H2,1H3,(H,26,29). The molecule has 2 aliphatic heterocycles. The van der Waals surface area contributed by atoms with Crippen molar-refractivity contribution in [2.45, 2.75) is 57.5 Å². The third-order valence-electron chi connectivity index (χ3n) is 7.69. The zero-order chi connectivity index (χ0) is 21.6. The number of nitrogens with one attached hydrogen (secondary N) is 2. The first-order valence-corrected chi connectivity index (χ1v) is 11.4. The van der Waals surface area contributed by atoms with E-state index in [0.717, 1.165) is 49.8 Å². The second-order valence-electron chi connectivity index (χ2n) is 9.52. The highest BCUT2D eigenvalue weighted by Gasteiger charge is 2.52. The normalized spacial score (nSPS) is 25.7. The van der Waals surface area contributed by atoms with Gasteiger partial charge in [-0.25, -0.2) is 10.5 Å². The fourth-order valence-corrected chi connectivity index (χ4v) is 5.48. The Hall–Kier alpha value is -2.45. The second-order valence-corrected chi connectivity index (χ2v) is 9.52. The van der Waals surface area contributed by atoms with Gasteiger partial charge in [0.05, 0.1) is 29.3 Å². The number of carbonyl (C=O) groups is 2. The SMILES string of the molecule is CCn1cnc2ccc(C3CCN(C(=O)C4NCC5(CC5)CC4C(=O)NO)CC3)cc21. The zero-order valence-corrected chi connectivity index (χ0v) is 18.0. The molecule has 1 saturated carbocycles. The maximum Gasteiger partial charge on any atom is 0.248 e. The van der Waals surface area contributed by atoms with Gasteiger partial charge in [0.2, 0.25) is 11.8 Å². The predicted octanol–water partition coefficient (Wildman–Crippen LogP) is 2.03. The molecule has 5 rings (SSSR count). The summed E-state index contributed by atoms with van der Waals surface area (Å²) >= 11 is 0. The van der Waals surface area contributed by atoms with Crippen molar-refractivity contribution in [3.05, 3.63) is 30.1 Å². The Morgan fingerprint density at radius 2 is 2.06 bits per heavy atom. The number of aryl methyl sites for hydroxylation is 1. The van der Waals surface area contributed by atoms with E-state index in [2.05, 4.69) is 40.0 Å². The molecule has 2 atom stereocenters. The number of piperidine rings is 2. The molecule has 3 aliphatic rings. The maximum atomic E-state index is 13.3. The molecule has 1 aliphatic carbocycles. The summed E-state index contributed by atoms with van der Waals surface area (Å²) in [6, 6.07) is 5.95. The Balaban J connectivity index is 1.25. The van der Waals surface area contributed by atoms with Gasteiger partial charge in [-0.2, -0.15) is 0 Å². The Morgan fingerprint density at radius 1 is 1.29 bits per heavy atom. The number of aromatic nitrogens is 2. The maximum absolute atomic E-state index is 13.3. The summed E-state index contributed by atoms with van der Waals surface area (Å²) in [5.41, 5.74) is 5.41. The van der Waals surface area contributed by atoms with E-state index in [9.17, 15) is 14.8 Å². The number of benzene rings is 1. The third-order valence-corrected chi connectivity index (χ3v) is 7.69. The quantitative estimate of drug-likeness (QED) is 0.514. The van der Waals surface area contributed by atoms with Gasteiger partial charge in [0.1, 0.15) is 0 Å². The number of hydrogen-bond donors (Lipinski definition) is 3. The van der Waals surface area contributed by atoms with E-state index >= 15 is 0 Å². The smallest absolute Gasteiger partial charge is 0.248 e. The van der Waals surface area contributed by atoms with E-state index in [1.165, 1.54) is 5.56 Å². The summed E-state index contributed by atoms with van der Waals surface area (Å²) in [5.74, 6) is -0.558. The summed E-state index contributed by atoms with van der Waals surface area (Å²) in [6.07, 6.45) is 6.55. The van der Waals surface area contributed by atoms with E-state index in [0.29, 0.717) is 25.4 Å². The lowest BCUT2D eigenvalue weighted by molar-refractivity contribution is -0.145. The number of fused-ring (bicyclic) bond motifs is 1. The van der Waals surface area contributed by atoms with Gasteiger partial charge in [0.25, 0.3) is 0 Å². The van der Waals surface area contributed by atoms with Crippen LogP contribution in [0.1, 0.15) is 50.5 Å². The molecular formula is C23H31N5O3. The van der Waals surface area contributed by atoms with E-state index in [1.807, 2.05) is 11.2 Å². The van der Waals surface area contributed by atoms with E-state index in [4.69, 9.17) is 0 Å². The van der Waals surface area contributed by atoms with Crippen molar-refractivity contribution < 1.29 is 14.8 Å². The molecule has 2 unspecified atom stereocenters. The third kappa shape index (κ3) is 3.72. The molecule has 1 spiro atoms. The minimum absolute atomic E-state index is 0.0120. The van der Waals surface area contributed by atoms with Crippen LogP contribution in [0.4, 0.5) is 0 Å². The van der Waals surface area contributed by atoms with Crippen LogP contribution in [-0.4, -0.2) is 57.1 Å². The van der Waals surface area contributed by atoms with Crippen molar-refractivity contribution in [1.82, 2.24) is 25.2 Å². The average molecular weight is 426 g/mol. The van der Waals surface area contributed by atoms with Crippen molar-refractivity contribution in [2.75, 3.05) is 19.6 Å². The first-order valence-electron chi connectivity index (χ1n) is 11.4. The van der Waals surface area contributed by atoms with Crippen LogP contribution in [0.2, 0.25) is 0 Å². The van der Waals surface area contributed by atoms with Gasteiger partial charge in [-0.3, -0.25) is 14.8 Å². The van der Waals surface area contributed by atoms with E-state index in [-0.39, 0.29) is 11.3 Å². The number of amides is 2. The summed E-state index contributed by atoms with van der Waals surface area (Å²) < 4.78 is 2.16. The Labute approximate surface area is 182 Å². The topological polar surface area (TPSA) is 99.5 Å². The van der Waals surface area contributed by atoms with Crippen molar-refractivity contribution in [3.8, 4) is 0 Å². The van der Waals surface area contributed by atoms with Gasteiger partial charge in [0.15, 0.2) is 0 Å². The van der Waals surface area contributed by atoms with E-state index < -0.39 is 17.9 Å². The first kappa shape index (κ1) is 20.5. The fourth-order valence-electron chi connectivity index (χ4n) is 5.48. The molecule has 166 valence electrons. The van der Waals surface area contributed by atoms with E-state index in [1.54, 1.807) is 5.48 Å². The minimum atomic E-state index is -0.551. The van der Waals surface area contributed by atoms with Crippen molar-refractivity contribution in [2.24, 2.45) is 11.3 Å². The van der Waals surface area contributed by atoms with Crippen LogP contribution in [0.3, 0.4) is 0 Å². The fraction of sp³-hybridized carbons (Fsp3) is 0.609. The monoisotopic (exact) mass is 425 g/mol. The van der Waals surface area contributed by atoms with Crippen LogP contribution in [0.25, 0.3) is 11.0 Å². The van der Waals surface area contributed by atoms with Crippen molar-refractivity contribution >= 4 is 22.8 Å². The largest absolute Gasteiger partial charge is 0.341 e. The molecule has 3 heterocycles. The summed E-state index contributed by atoms with van der Waals surface area (Å²) in [6.45, 7) is 5.16. The molecular weight excluding hydrogens is 394 g/mol. The number of carbonyl (C=O) groups excluding carboxylic acids is 2. The highest BCUT2D eigenvalue weighted by Crippen LogP contribution is 2.52. The van der Waals surface area contributed by atoms with Gasteiger partial charge in [-0.15, -0.1) is 0 Å². The predicted molar refractivity (Wildman–Crippen MR) is 115 cm³/mol. The Kier molecular flexibility index (Phi) is 5.22. The number of hydrogen-bond acceptors (Lipinski definition) is 5. The lowest BCUT2D eigenvalue weighted by Gasteiger charge is -2.40. The molecule has 1 aromatic carbocycles. The summed E-state index contributed by atoms with van der Waals surface area (Å²) in [4.78, 5) is 31.9. The number of imidazole rings is 1. The number of rotatable bonds is 4. The molecule has 0 bridgehead atoms. The molecule has 2 saturated heterocycles. The van der Waals surface area contributed by atoms with Crippen molar-refractivity contribution in [1.29, 1.82) is 0 Å². The van der Waals surface area contributed by atoms with Crippen LogP contribution in [0.5, 0.6) is 0 Å². The van der Waals surface area contributed by atoms with Crippen LogP contribution < -0.4 is 10.8 Å². The highest BCUT2D eigenvalue weighted by molar-refractivity contribution is 5.90. The van der Waals surface area contributed by atoms with Gasteiger partial charge in [-0.1, -0.05) is 6.07 Å². The van der Waals surface area contributed by atoms with Gasteiger partial charge in [0, 0.05) is 26.2 Å². The molecule has 2 aromatic rings. The summed E-state index contributed by atoms with van der Waals surface area (Å²) in [7, 11) is 0. The summed E-state index contributed by atoms with van der Waals surface area (Å²) in [5, 5.41) is 12.5. The molecule has 0 radical (unpaired) electrons. The second kappa shape index (κ2) is 7.91.